The maximum absolute atomic E-state index is 16.2. The molecule has 5 fully saturated rings. The zero-order valence-electron chi connectivity index (χ0n) is 36.5. The number of phenols is 1. The molecule has 1 N–H and O–H groups in total. The van der Waals surface area contributed by atoms with Crippen LogP contribution in [-0.2, 0) is 0 Å². The van der Waals surface area contributed by atoms with E-state index >= 15 is 8.78 Å². The summed E-state index contributed by atoms with van der Waals surface area (Å²) >= 11 is 0. The molecule has 4 aromatic rings. The molecule has 2 aromatic carbocycles. The summed E-state index contributed by atoms with van der Waals surface area (Å²) in [6, 6.07) is 5.86. The number of hydrogen-bond donors (Lipinski definition) is 1. The van der Waals surface area contributed by atoms with Crippen molar-refractivity contribution in [2.45, 2.75) is 128 Å². The molecule has 0 amide bonds. The molecule has 1 spiro atoms. The minimum absolute atomic E-state index is 0.000956. The number of fused-ring (bicyclic) bond motifs is 5. The summed E-state index contributed by atoms with van der Waals surface area (Å²) in [5, 5.41) is 12.9. The van der Waals surface area contributed by atoms with E-state index in [-0.39, 0.29) is 34.7 Å². The molecule has 2 saturated carbocycles. The lowest BCUT2D eigenvalue weighted by atomic mass is 9.80. The lowest BCUT2D eigenvalue weighted by Gasteiger charge is -2.38. The van der Waals surface area contributed by atoms with Crippen LogP contribution in [0.2, 0.25) is 16.6 Å². The SMILES string of the molecule is [2H]C([2H])(Oc1nc(N2CCCC[C@H]3[C@H](F)[C@H]32)c2cnc(-c3cc(O)cc4ccc(F)c(C#C[Si](C(C)C)(C(C)C)C(C)C)c34)c(C)c2n1)[C@]12CC(=C)CN1CCC21CC1. The van der Waals surface area contributed by atoms with Gasteiger partial charge in [0.25, 0.3) is 0 Å². The number of benzene rings is 2. The lowest BCUT2D eigenvalue weighted by molar-refractivity contribution is 0.0649. The van der Waals surface area contributed by atoms with Crippen molar-refractivity contribution >= 4 is 35.6 Å². The Hall–Kier alpha value is -4.07. The summed E-state index contributed by atoms with van der Waals surface area (Å²) in [5.74, 6) is 3.33. The molecule has 57 heavy (non-hydrogen) atoms. The van der Waals surface area contributed by atoms with E-state index < -0.39 is 32.2 Å². The molecule has 9 rings (SSSR count). The maximum atomic E-state index is 16.2. The van der Waals surface area contributed by atoms with Gasteiger partial charge in [0.2, 0.25) is 0 Å². The summed E-state index contributed by atoms with van der Waals surface area (Å²) in [6.45, 7) is 19.4. The van der Waals surface area contributed by atoms with Gasteiger partial charge in [0, 0.05) is 41.7 Å². The molecule has 300 valence electrons. The van der Waals surface area contributed by atoms with Gasteiger partial charge < -0.3 is 14.7 Å². The van der Waals surface area contributed by atoms with Crippen molar-refractivity contribution in [3.8, 4) is 34.5 Å². The van der Waals surface area contributed by atoms with Crippen LogP contribution in [0.1, 0.15) is 100 Å². The van der Waals surface area contributed by atoms with E-state index in [9.17, 15) is 7.85 Å². The third kappa shape index (κ3) is 5.92. The third-order valence-electron chi connectivity index (χ3n) is 14.7. The van der Waals surface area contributed by atoms with Gasteiger partial charge in [0.15, 0.2) is 0 Å². The Morgan fingerprint density at radius 2 is 1.82 bits per heavy atom. The molecule has 5 heterocycles. The Labute approximate surface area is 340 Å². The first-order chi connectivity index (χ1) is 28.0. The summed E-state index contributed by atoms with van der Waals surface area (Å²) in [6.07, 6.45) is 6.60. The highest BCUT2D eigenvalue weighted by Gasteiger charge is 2.67. The van der Waals surface area contributed by atoms with E-state index in [0.717, 1.165) is 50.6 Å². The molecular formula is C47H57F2N5O2Si. The molecular weight excluding hydrogens is 733 g/mol. The molecule has 3 aliphatic heterocycles. The first kappa shape index (κ1) is 36.0. The van der Waals surface area contributed by atoms with Gasteiger partial charge >= 0.3 is 6.01 Å². The predicted octanol–water partition coefficient (Wildman–Crippen LogP) is 10.5. The quantitative estimate of drug-likeness (QED) is 0.108. The fraction of sp³-hybridized carbons (Fsp3) is 0.553. The van der Waals surface area contributed by atoms with Crippen molar-refractivity contribution in [2.24, 2.45) is 11.3 Å². The van der Waals surface area contributed by atoms with E-state index in [1.54, 1.807) is 24.4 Å². The number of phenolic OH excluding ortho intramolecular Hbond substituents is 1. The first-order valence-electron chi connectivity index (χ1n) is 22.1. The van der Waals surface area contributed by atoms with Gasteiger partial charge in [0.05, 0.1) is 36.5 Å². The molecule has 4 atom stereocenters. The van der Waals surface area contributed by atoms with Crippen molar-refractivity contribution in [1.82, 2.24) is 19.9 Å². The molecule has 0 bridgehead atoms. The van der Waals surface area contributed by atoms with Gasteiger partial charge in [-0.1, -0.05) is 72.1 Å². The predicted molar refractivity (Wildman–Crippen MR) is 228 cm³/mol. The average Bonchev–Trinajstić information content (AvgIpc) is 4.04. The molecule has 10 heteroatoms. The van der Waals surface area contributed by atoms with E-state index in [1.807, 2.05) is 11.8 Å². The van der Waals surface area contributed by atoms with E-state index in [2.05, 4.69) is 64.5 Å². The fourth-order valence-electron chi connectivity index (χ4n) is 11.6. The summed E-state index contributed by atoms with van der Waals surface area (Å²) < 4.78 is 57.6. The van der Waals surface area contributed by atoms with Gasteiger partial charge in [-0.05, 0) is 97.6 Å². The number of aromatic nitrogens is 3. The first-order valence-corrected chi connectivity index (χ1v) is 23.4. The zero-order valence-corrected chi connectivity index (χ0v) is 35.5. The van der Waals surface area contributed by atoms with Gasteiger partial charge in [-0.15, -0.1) is 5.54 Å². The van der Waals surface area contributed by atoms with Crippen LogP contribution < -0.4 is 9.64 Å². The Bertz CT molecular complexity index is 2440. The monoisotopic (exact) mass is 791 g/mol. The normalized spacial score (nSPS) is 26.1. The van der Waals surface area contributed by atoms with Crippen molar-refractivity contribution in [1.29, 1.82) is 0 Å². The van der Waals surface area contributed by atoms with Crippen molar-refractivity contribution in [3.05, 3.63) is 59.6 Å². The largest absolute Gasteiger partial charge is 0.508 e. The summed E-state index contributed by atoms with van der Waals surface area (Å²) in [7, 11) is -2.26. The molecule has 2 aromatic heterocycles. The lowest BCUT2D eigenvalue weighted by Crippen LogP contribution is -2.49. The number of rotatable bonds is 8. The fourth-order valence-corrected chi connectivity index (χ4v) is 16.8. The van der Waals surface area contributed by atoms with Crippen LogP contribution in [0.5, 0.6) is 11.8 Å². The van der Waals surface area contributed by atoms with Crippen LogP contribution in [0.3, 0.4) is 0 Å². The summed E-state index contributed by atoms with van der Waals surface area (Å²) in [5.41, 5.74) is 7.02. The van der Waals surface area contributed by atoms with Crippen molar-refractivity contribution < 1.29 is 21.4 Å². The maximum Gasteiger partial charge on any atom is 0.319 e. The number of pyridine rings is 1. The Morgan fingerprint density at radius 1 is 1.07 bits per heavy atom. The number of anilines is 1. The summed E-state index contributed by atoms with van der Waals surface area (Å²) in [4.78, 5) is 19.2. The second-order valence-electron chi connectivity index (χ2n) is 18.7. The number of aryl methyl sites for hydroxylation is 1. The molecule has 0 radical (unpaired) electrons. The topological polar surface area (TPSA) is 74.6 Å². The second-order valence-corrected chi connectivity index (χ2v) is 24.3. The van der Waals surface area contributed by atoms with Gasteiger partial charge in [-0.25, -0.2) is 8.78 Å². The van der Waals surface area contributed by atoms with Crippen LogP contribution in [0, 0.1) is 35.5 Å². The van der Waals surface area contributed by atoms with Crippen LogP contribution in [0.25, 0.3) is 32.9 Å². The highest BCUT2D eigenvalue weighted by Crippen LogP contribution is 2.66. The highest BCUT2D eigenvalue weighted by molar-refractivity contribution is 6.90. The minimum atomic E-state index is -2.26. The smallest absolute Gasteiger partial charge is 0.319 e. The van der Waals surface area contributed by atoms with Gasteiger partial charge in [0.1, 0.15) is 38.2 Å². The van der Waals surface area contributed by atoms with Crippen LogP contribution in [0.15, 0.2) is 42.6 Å². The van der Waals surface area contributed by atoms with Crippen LogP contribution in [-0.4, -0.2) is 77.0 Å². The zero-order chi connectivity index (χ0) is 42.0. The Balaban J connectivity index is 1.24. The Morgan fingerprint density at radius 3 is 2.54 bits per heavy atom. The number of halogens is 2. The third-order valence-corrected chi connectivity index (χ3v) is 21.0. The number of nitrogens with zero attached hydrogens (tertiary/aromatic N) is 5. The highest BCUT2D eigenvalue weighted by atomic mass is 28.3. The number of hydrogen-bond acceptors (Lipinski definition) is 7. The molecule has 3 saturated heterocycles. The van der Waals surface area contributed by atoms with Crippen molar-refractivity contribution in [2.75, 3.05) is 31.1 Å². The van der Waals surface area contributed by atoms with Crippen LogP contribution >= 0.6 is 0 Å². The average molecular weight is 792 g/mol. The molecule has 2 aliphatic carbocycles. The van der Waals surface area contributed by atoms with E-state index in [0.29, 0.717) is 80.4 Å². The van der Waals surface area contributed by atoms with E-state index in [1.165, 1.54) is 6.07 Å². The standard InChI is InChI=1S/C47H57F2N5O2Si/c1-27(2)57(28(3)4,29(5)6)20-14-34-38(48)13-12-32-21-33(55)22-36(39(32)34)41-31(8)42-37(24-50-41)44(54-18-10-9-11-35-40(49)43(35)54)52-45(51-42)56-26-47-23-30(7)25-53(47)19-17-46(47)15-16-46/h12-13,21-22,24,27-29,35,40,43,55H,7,9-11,15-19,23,25-26H2,1-6,8H3/t35-,40-,43-,47-/m0/s1/i26D2. The Kier molecular flexibility index (Phi) is 8.70. The second kappa shape index (κ2) is 13.8. The molecule has 0 unspecified atom stereocenters. The van der Waals surface area contributed by atoms with Crippen LogP contribution in [0.4, 0.5) is 14.6 Å². The van der Waals surface area contributed by atoms with Gasteiger partial charge in [-0.3, -0.25) is 9.88 Å². The van der Waals surface area contributed by atoms with E-state index in [4.69, 9.17) is 19.7 Å². The minimum Gasteiger partial charge on any atom is -0.508 e. The van der Waals surface area contributed by atoms with Gasteiger partial charge in [-0.2, -0.15) is 9.97 Å². The number of ether oxygens (including phenoxy) is 1. The number of aromatic hydroxyl groups is 1. The number of alkyl halides is 1. The molecule has 5 aliphatic rings. The molecule has 7 nitrogen and oxygen atoms in total. The van der Waals surface area contributed by atoms with Crippen molar-refractivity contribution in [3.63, 3.8) is 0 Å².